The molecule has 6 heteroatoms. The molecule has 138 valence electrons. The van der Waals surface area contributed by atoms with E-state index in [1.165, 1.54) is 11.1 Å². The molecule has 2 heterocycles. The zero-order valence-corrected chi connectivity index (χ0v) is 15.4. The fraction of sp³-hybridized carbons (Fsp3) is 0.400. The predicted molar refractivity (Wildman–Crippen MR) is 102 cm³/mol. The number of nitrogens with one attached hydrogen (secondary N) is 2. The molecule has 2 amide bonds. The number of urea groups is 1. The molecular formula is C20H26N4O2. The number of anilines is 1. The minimum Gasteiger partial charge on any atom is -0.473 e. The highest BCUT2D eigenvalue weighted by atomic mass is 16.5. The first-order valence-electron chi connectivity index (χ1n) is 9.07. The highest BCUT2D eigenvalue weighted by molar-refractivity contribution is 5.90. The van der Waals surface area contributed by atoms with Gasteiger partial charge in [0.1, 0.15) is 5.69 Å². The maximum Gasteiger partial charge on any atom is 0.319 e. The van der Waals surface area contributed by atoms with Crippen molar-refractivity contribution in [2.45, 2.75) is 32.9 Å². The summed E-state index contributed by atoms with van der Waals surface area (Å²) < 4.78 is 5.62. The number of fused-ring (bicyclic) bond motifs is 1. The van der Waals surface area contributed by atoms with Crippen molar-refractivity contribution in [3.05, 3.63) is 53.7 Å². The molecule has 1 aliphatic heterocycles. The van der Waals surface area contributed by atoms with Crippen molar-refractivity contribution in [3.63, 3.8) is 0 Å². The number of nitrogens with zero attached hydrogens (tertiary/aromatic N) is 2. The lowest BCUT2D eigenvalue weighted by molar-refractivity contribution is 0.231. The summed E-state index contributed by atoms with van der Waals surface area (Å²) in [5.41, 5.74) is 3.39. The van der Waals surface area contributed by atoms with Gasteiger partial charge in [-0.15, -0.1) is 0 Å². The third-order valence-corrected chi connectivity index (χ3v) is 4.29. The Hall–Kier alpha value is -2.60. The van der Waals surface area contributed by atoms with E-state index in [1.54, 1.807) is 18.3 Å². The van der Waals surface area contributed by atoms with Crippen LogP contribution in [-0.2, 0) is 13.0 Å². The zero-order valence-electron chi connectivity index (χ0n) is 15.4. The fourth-order valence-corrected chi connectivity index (χ4v) is 3.04. The van der Waals surface area contributed by atoms with Crippen LogP contribution < -0.4 is 15.4 Å². The lowest BCUT2D eigenvalue weighted by Crippen LogP contribution is -2.39. The maximum atomic E-state index is 12.2. The van der Waals surface area contributed by atoms with E-state index in [4.69, 9.17) is 4.74 Å². The molecule has 0 radical (unpaired) electrons. The van der Waals surface area contributed by atoms with Crippen LogP contribution in [0, 0.1) is 0 Å². The Morgan fingerprint density at radius 3 is 2.85 bits per heavy atom. The molecule has 3 rings (SSSR count). The molecule has 0 spiro atoms. The standard InChI is InChI=1S/C20H26N4O2/c1-15(2)26-19-18(8-5-10-21-19)23-20(25)22-11-13-24-12-9-16-6-3-4-7-17(16)14-24/h3-8,10,15H,9,11-14H2,1-2H3,(H2,22,23,25). The number of hydrogen-bond acceptors (Lipinski definition) is 4. The average molecular weight is 354 g/mol. The predicted octanol–water partition coefficient (Wildman–Crippen LogP) is 3.05. The van der Waals surface area contributed by atoms with Gasteiger partial charge in [-0.05, 0) is 43.5 Å². The van der Waals surface area contributed by atoms with Crippen molar-refractivity contribution in [1.82, 2.24) is 15.2 Å². The van der Waals surface area contributed by atoms with Crippen LogP contribution in [0.1, 0.15) is 25.0 Å². The van der Waals surface area contributed by atoms with Gasteiger partial charge in [-0.3, -0.25) is 4.90 Å². The second kappa shape index (κ2) is 8.67. The van der Waals surface area contributed by atoms with Crippen molar-refractivity contribution in [1.29, 1.82) is 0 Å². The van der Waals surface area contributed by atoms with Gasteiger partial charge in [0.15, 0.2) is 0 Å². The molecule has 0 atom stereocenters. The molecule has 0 saturated heterocycles. The van der Waals surface area contributed by atoms with Gasteiger partial charge in [0.25, 0.3) is 0 Å². The Morgan fingerprint density at radius 2 is 2.04 bits per heavy atom. The van der Waals surface area contributed by atoms with E-state index in [-0.39, 0.29) is 12.1 Å². The van der Waals surface area contributed by atoms with Crippen molar-refractivity contribution < 1.29 is 9.53 Å². The van der Waals surface area contributed by atoms with E-state index in [0.29, 0.717) is 18.1 Å². The SMILES string of the molecule is CC(C)Oc1ncccc1NC(=O)NCCN1CCc2ccccc2C1. The van der Waals surface area contributed by atoms with Gasteiger partial charge in [0.2, 0.25) is 5.88 Å². The first kappa shape index (κ1) is 18.2. The number of benzene rings is 1. The second-order valence-electron chi connectivity index (χ2n) is 6.70. The van der Waals surface area contributed by atoms with Crippen LogP contribution >= 0.6 is 0 Å². The number of rotatable bonds is 6. The molecule has 1 aliphatic rings. The first-order valence-corrected chi connectivity index (χ1v) is 9.07. The lowest BCUT2D eigenvalue weighted by atomic mass is 10.00. The maximum absolute atomic E-state index is 12.2. The molecule has 1 aromatic carbocycles. The Bertz CT molecular complexity index is 748. The van der Waals surface area contributed by atoms with Crippen molar-refractivity contribution in [2.75, 3.05) is 25.0 Å². The molecule has 0 fully saturated rings. The summed E-state index contributed by atoms with van der Waals surface area (Å²) in [6, 6.07) is 11.9. The fourth-order valence-electron chi connectivity index (χ4n) is 3.04. The average Bonchev–Trinajstić information content (AvgIpc) is 2.63. The number of pyridine rings is 1. The van der Waals surface area contributed by atoms with Gasteiger partial charge < -0.3 is 15.4 Å². The molecular weight excluding hydrogens is 328 g/mol. The topological polar surface area (TPSA) is 66.5 Å². The van der Waals surface area contributed by atoms with Crippen LogP contribution in [0.3, 0.4) is 0 Å². The summed E-state index contributed by atoms with van der Waals surface area (Å²) >= 11 is 0. The number of amides is 2. The van der Waals surface area contributed by atoms with Crippen LogP contribution in [0.5, 0.6) is 5.88 Å². The third-order valence-electron chi connectivity index (χ3n) is 4.29. The molecule has 0 aliphatic carbocycles. The first-order chi connectivity index (χ1) is 12.6. The second-order valence-corrected chi connectivity index (χ2v) is 6.70. The minimum absolute atomic E-state index is 0.00418. The zero-order chi connectivity index (χ0) is 18.4. The van der Waals surface area contributed by atoms with Crippen LogP contribution in [0.15, 0.2) is 42.6 Å². The summed E-state index contributed by atoms with van der Waals surface area (Å²) in [6.07, 6.45) is 2.71. The van der Waals surface area contributed by atoms with Gasteiger partial charge in [0, 0.05) is 32.4 Å². The van der Waals surface area contributed by atoms with Crippen molar-refractivity contribution >= 4 is 11.7 Å². The highest BCUT2D eigenvalue weighted by Crippen LogP contribution is 2.21. The van der Waals surface area contributed by atoms with Gasteiger partial charge in [-0.25, -0.2) is 9.78 Å². The number of ether oxygens (including phenoxy) is 1. The monoisotopic (exact) mass is 354 g/mol. The smallest absolute Gasteiger partial charge is 0.319 e. The highest BCUT2D eigenvalue weighted by Gasteiger charge is 2.15. The Balaban J connectivity index is 1.45. The van der Waals surface area contributed by atoms with E-state index in [0.717, 1.165) is 26.1 Å². The number of carbonyl (C=O) groups is 1. The van der Waals surface area contributed by atoms with Gasteiger partial charge in [-0.1, -0.05) is 24.3 Å². The van der Waals surface area contributed by atoms with Crippen LogP contribution in [0.4, 0.5) is 10.5 Å². The van der Waals surface area contributed by atoms with Crippen LogP contribution in [0.2, 0.25) is 0 Å². The summed E-state index contributed by atoms with van der Waals surface area (Å²) in [5, 5.41) is 5.72. The van der Waals surface area contributed by atoms with E-state index in [2.05, 4.69) is 44.8 Å². The Kier molecular flexibility index (Phi) is 6.07. The van der Waals surface area contributed by atoms with Crippen LogP contribution in [0.25, 0.3) is 0 Å². The molecule has 26 heavy (non-hydrogen) atoms. The number of aromatic nitrogens is 1. The molecule has 2 aromatic rings. The Morgan fingerprint density at radius 1 is 1.23 bits per heavy atom. The van der Waals surface area contributed by atoms with Gasteiger partial charge >= 0.3 is 6.03 Å². The van der Waals surface area contributed by atoms with E-state index in [9.17, 15) is 4.79 Å². The van der Waals surface area contributed by atoms with E-state index in [1.807, 2.05) is 13.8 Å². The Labute approximate surface area is 154 Å². The summed E-state index contributed by atoms with van der Waals surface area (Å²) in [5.74, 6) is 0.435. The molecule has 6 nitrogen and oxygen atoms in total. The van der Waals surface area contributed by atoms with Gasteiger partial charge in [-0.2, -0.15) is 0 Å². The normalized spacial score (nSPS) is 14.0. The summed E-state index contributed by atoms with van der Waals surface area (Å²) in [7, 11) is 0. The van der Waals surface area contributed by atoms with E-state index < -0.39 is 0 Å². The molecule has 2 N–H and O–H groups in total. The largest absolute Gasteiger partial charge is 0.473 e. The molecule has 0 bridgehead atoms. The van der Waals surface area contributed by atoms with Crippen molar-refractivity contribution in [3.8, 4) is 5.88 Å². The van der Waals surface area contributed by atoms with Crippen LogP contribution in [-0.4, -0.2) is 41.7 Å². The third kappa shape index (κ3) is 4.95. The number of hydrogen-bond donors (Lipinski definition) is 2. The molecule has 0 unspecified atom stereocenters. The minimum atomic E-state index is -0.246. The van der Waals surface area contributed by atoms with Gasteiger partial charge in [0.05, 0.1) is 6.10 Å². The molecule has 0 saturated carbocycles. The van der Waals surface area contributed by atoms with Crippen molar-refractivity contribution in [2.24, 2.45) is 0 Å². The quantitative estimate of drug-likeness (QED) is 0.837. The van der Waals surface area contributed by atoms with E-state index >= 15 is 0 Å². The summed E-state index contributed by atoms with van der Waals surface area (Å²) in [4.78, 5) is 18.7. The summed E-state index contributed by atoms with van der Waals surface area (Å²) in [6.45, 7) is 7.23. The number of carbonyl (C=O) groups excluding carboxylic acids is 1. The lowest BCUT2D eigenvalue weighted by Gasteiger charge is -2.28. The molecule has 1 aromatic heterocycles.